The van der Waals surface area contributed by atoms with Crippen LogP contribution in [0.4, 0.5) is 5.69 Å². The fourth-order valence-electron chi connectivity index (χ4n) is 1.98. The lowest BCUT2D eigenvalue weighted by Gasteiger charge is -2.11. The van der Waals surface area contributed by atoms with Crippen LogP contribution in [-0.2, 0) is 10.0 Å². The molecule has 0 fully saturated rings. The van der Waals surface area contributed by atoms with Crippen LogP contribution >= 0.6 is 11.3 Å². The Labute approximate surface area is 133 Å². The lowest BCUT2D eigenvalue weighted by Crippen LogP contribution is -2.28. The quantitative estimate of drug-likeness (QED) is 0.787. The summed E-state index contributed by atoms with van der Waals surface area (Å²) in [4.78, 5) is 4.23. The molecular formula is C14H16N4O2S2. The van der Waals surface area contributed by atoms with Crippen LogP contribution in [-0.4, -0.2) is 26.5 Å². The summed E-state index contributed by atoms with van der Waals surface area (Å²) in [5.74, 6) is 0. The first-order valence-electron chi connectivity index (χ1n) is 6.59. The molecule has 0 spiro atoms. The summed E-state index contributed by atoms with van der Waals surface area (Å²) in [5, 5.41) is 14.0. The molecule has 0 saturated heterocycles. The van der Waals surface area contributed by atoms with Gasteiger partial charge in [-0.1, -0.05) is 6.07 Å². The number of pyridine rings is 1. The summed E-state index contributed by atoms with van der Waals surface area (Å²) in [7, 11) is -3.45. The zero-order valence-electron chi connectivity index (χ0n) is 12.3. The lowest BCUT2D eigenvalue weighted by molar-refractivity contribution is 0.585. The van der Waals surface area contributed by atoms with Crippen LogP contribution in [0, 0.1) is 25.2 Å². The summed E-state index contributed by atoms with van der Waals surface area (Å²) in [6.07, 6.45) is 0. The van der Waals surface area contributed by atoms with Gasteiger partial charge in [-0.15, -0.1) is 11.3 Å². The Bertz CT molecular complexity index is 793. The lowest BCUT2D eigenvalue weighted by atomic mass is 10.1. The number of aromatic nitrogens is 1. The zero-order chi connectivity index (χ0) is 16.2. The van der Waals surface area contributed by atoms with Crippen molar-refractivity contribution in [2.24, 2.45) is 0 Å². The number of hydrogen-bond acceptors (Lipinski definition) is 6. The van der Waals surface area contributed by atoms with E-state index in [2.05, 4.69) is 21.1 Å². The minimum atomic E-state index is -3.45. The van der Waals surface area contributed by atoms with Crippen molar-refractivity contribution in [3.63, 3.8) is 0 Å². The Hall–Kier alpha value is -1.95. The van der Waals surface area contributed by atoms with Crippen LogP contribution in [0.15, 0.2) is 27.8 Å². The van der Waals surface area contributed by atoms with Gasteiger partial charge in [-0.2, -0.15) is 5.26 Å². The molecule has 0 aliphatic carbocycles. The van der Waals surface area contributed by atoms with Crippen LogP contribution in [0.25, 0.3) is 0 Å². The predicted octanol–water partition coefficient (Wildman–Crippen LogP) is 2.02. The Morgan fingerprint density at radius 3 is 2.77 bits per heavy atom. The molecule has 0 aromatic carbocycles. The zero-order valence-corrected chi connectivity index (χ0v) is 13.9. The largest absolute Gasteiger partial charge is 0.383 e. The number of nitriles is 1. The number of anilines is 1. The third-order valence-corrected chi connectivity index (χ3v) is 5.79. The van der Waals surface area contributed by atoms with E-state index in [4.69, 9.17) is 5.26 Å². The molecule has 0 atom stereocenters. The highest BCUT2D eigenvalue weighted by Crippen LogP contribution is 2.18. The molecule has 0 radical (unpaired) electrons. The van der Waals surface area contributed by atoms with Crippen LogP contribution in [0.3, 0.4) is 0 Å². The van der Waals surface area contributed by atoms with Crippen LogP contribution < -0.4 is 10.0 Å². The maximum atomic E-state index is 11.9. The van der Waals surface area contributed by atoms with E-state index in [9.17, 15) is 8.42 Å². The number of aryl methyl sites for hydroxylation is 2. The first-order chi connectivity index (χ1) is 10.4. The fourth-order valence-corrected chi connectivity index (χ4v) is 4.05. The standard InChI is InChI=1S/C14H16N4O2S2/c1-10-8-13(12(9-15)11(2)18-10)16-5-6-17-22(19,20)14-4-3-7-21-14/h3-4,7-8,17H,5-6H2,1-2H3,(H,16,18). The highest BCUT2D eigenvalue weighted by atomic mass is 32.2. The molecule has 0 bridgehead atoms. The van der Waals surface area contributed by atoms with Crippen molar-refractivity contribution in [1.29, 1.82) is 5.26 Å². The van der Waals surface area contributed by atoms with Gasteiger partial charge in [0.1, 0.15) is 10.3 Å². The summed E-state index contributed by atoms with van der Waals surface area (Å²) in [5.41, 5.74) is 2.61. The third kappa shape index (κ3) is 3.82. The molecule has 0 unspecified atom stereocenters. The normalized spacial score (nSPS) is 11.1. The molecular weight excluding hydrogens is 320 g/mol. The highest BCUT2D eigenvalue weighted by molar-refractivity contribution is 7.91. The summed E-state index contributed by atoms with van der Waals surface area (Å²) in [6, 6.07) is 7.14. The average molecular weight is 336 g/mol. The molecule has 8 heteroatoms. The second-order valence-corrected chi connectivity index (χ2v) is 7.58. The minimum absolute atomic E-state index is 0.228. The molecule has 0 aliphatic heterocycles. The molecule has 0 aliphatic rings. The van der Waals surface area contributed by atoms with E-state index in [1.165, 1.54) is 11.3 Å². The maximum Gasteiger partial charge on any atom is 0.250 e. The van der Waals surface area contributed by atoms with Gasteiger partial charge in [0.2, 0.25) is 10.0 Å². The van der Waals surface area contributed by atoms with E-state index in [0.717, 1.165) is 5.69 Å². The monoisotopic (exact) mass is 336 g/mol. The number of nitrogens with zero attached hydrogens (tertiary/aromatic N) is 2. The summed E-state index contributed by atoms with van der Waals surface area (Å²) in [6.45, 7) is 4.22. The van der Waals surface area contributed by atoms with Crippen LogP contribution in [0.2, 0.25) is 0 Å². The SMILES string of the molecule is Cc1cc(NCCNS(=O)(=O)c2cccs2)c(C#N)c(C)n1. The van der Waals surface area contributed by atoms with Gasteiger partial charge in [-0.3, -0.25) is 4.98 Å². The van der Waals surface area contributed by atoms with Crippen molar-refractivity contribution in [2.45, 2.75) is 18.1 Å². The Morgan fingerprint density at radius 1 is 1.36 bits per heavy atom. The minimum Gasteiger partial charge on any atom is -0.383 e. The molecule has 0 amide bonds. The van der Waals surface area contributed by atoms with Crippen molar-refractivity contribution in [3.05, 3.63) is 40.5 Å². The average Bonchev–Trinajstić information content (AvgIpc) is 2.98. The maximum absolute atomic E-state index is 11.9. The second-order valence-electron chi connectivity index (χ2n) is 4.64. The van der Waals surface area contributed by atoms with Gasteiger partial charge in [-0.25, -0.2) is 13.1 Å². The van der Waals surface area contributed by atoms with Crippen molar-refractivity contribution in [1.82, 2.24) is 9.71 Å². The summed E-state index contributed by atoms with van der Waals surface area (Å²) >= 11 is 1.17. The number of hydrogen-bond donors (Lipinski definition) is 2. The number of nitrogens with one attached hydrogen (secondary N) is 2. The molecule has 2 aromatic rings. The van der Waals surface area contributed by atoms with Crippen LogP contribution in [0.1, 0.15) is 17.0 Å². The van der Waals surface area contributed by atoms with Crippen molar-refractivity contribution >= 4 is 27.0 Å². The van der Waals surface area contributed by atoms with Gasteiger partial charge in [-0.05, 0) is 31.4 Å². The van der Waals surface area contributed by atoms with Crippen molar-refractivity contribution in [2.75, 3.05) is 18.4 Å². The predicted molar refractivity (Wildman–Crippen MR) is 86.4 cm³/mol. The Balaban J connectivity index is 1.97. The first kappa shape index (κ1) is 16.4. The number of sulfonamides is 1. The molecule has 22 heavy (non-hydrogen) atoms. The van der Waals surface area contributed by atoms with Gasteiger partial charge >= 0.3 is 0 Å². The second kappa shape index (κ2) is 6.87. The van der Waals surface area contributed by atoms with Gasteiger partial charge in [0.15, 0.2) is 0 Å². The molecule has 6 nitrogen and oxygen atoms in total. The van der Waals surface area contributed by atoms with Crippen molar-refractivity contribution < 1.29 is 8.42 Å². The van der Waals surface area contributed by atoms with E-state index < -0.39 is 10.0 Å². The van der Waals surface area contributed by atoms with E-state index in [1.807, 2.05) is 6.92 Å². The van der Waals surface area contributed by atoms with Crippen molar-refractivity contribution in [3.8, 4) is 6.07 Å². The van der Waals surface area contributed by atoms with E-state index in [1.54, 1.807) is 30.5 Å². The fraction of sp³-hybridized carbons (Fsp3) is 0.286. The van der Waals surface area contributed by atoms with Gasteiger partial charge in [0, 0.05) is 18.8 Å². The van der Waals surface area contributed by atoms with Crippen LogP contribution in [0.5, 0.6) is 0 Å². The van der Waals surface area contributed by atoms with Gasteiger partial charge in [0.05, 0.1) is 16.9 Å². The Morgan fingerprint density at radius 2 is 2.14 bits per heavy atom. The first-order valence-corrected chi connectivity index (χ1v) is 8.95. The molecule has 2 heterocycles. The third-order valence-electron chi connectivity index (χ3n) is 2.93. The smallest absolute Gasteiger partial charge is 0.250 e. The summed E-state index contributed by atoms with van der Waals surface area (Å²) < 4.78 is 26.7. The number of thiophene rings is 1. The highest BCUT2D eigenvalue weighted by Gasteiger charge is 2.14. The van der Waals surface area contributed by atoms with Gasteiger partial charge in [0.25, 0.3) is 0 Å². The molecule has 0 saturated carbocycles. The number of rotatable bonds is 6. The molecule has 116 valence electrons. The van der Waals surface area contributed by atoms with E-state index in [-0.39, 0.29) is 6.54 Å². The molecule has 2 rings (SSSR count). The molecule has 2 N–H and O–H groups in total. The Kier molecular flexibility index (Phi) is 5.13. The van der Waals surface area contributed by atoms with E-state index in [0.29, 0.717) is 27.7 Å². The van der Waals surface area contributed by atoms with E-state index >= 15 is 0 Å². The van der Waals surface area contributed by atoms with Gasteiger partial charge < -0.3 is 5.32 Å². The topological polar surface area (TPSA) is 94.9 Å². The molecule has 2 aromatic heterocycles.